The van der Waals surface area contributed by atoms with Gasteiger partial charge in [-0.15, -0.1) is 0 Å². The first kappa shape index (κ1) is 14.6. The topological polar surface area (TPSA) is 80.0 Å². The molecule has 2 heterocycles. The third-order valence-corrected chi connectivity index (χ3v) is 3.92. The number of hydrogen-bond donors (Lipinski definition) is 1. The van der Waals surface area contributed by atoms with Crippen LogP contribution in [0, 0.1) is 20.8 Å². The van der Waals surface area contributed by atoms with Crippen molar-refractivity contribution in [3.63, 3.8) is 0 Å². The molecule has 1 aliphatic heterocycles. The summed E-state index contributed by atoms with van der Waals surface area (Å²) in [5, 5.41) is 9.26. The van der Waals surface area contributed by atoms with Crippen LogP contribution in [0.2, 0.25) is 0 Å². The molecule has 1 fully saturated rings. The Bertz CT molecular complexity index is 548. The molecule has 6 nitrogen and oxygen atoms in total. The highest BCUT2D eigenvalue weighted by Crippen LogP contribution is 2.27. The first-order chi connectivity index (χ1) is 9.36. The maximum absolute atomic E-state index is 12.6. The molecule has 1 aliphatic rings. The van der Waals surface area contributed by atoms with Crippen LogP contribution in [0.3, 0.4) is 0 Å². The van der Waals surface area contributed by atoms with Crippen LogP contribution >= 0.6 is 0 Å². The zero-order valence-electron chi connectivity index (χ0n) is 12.1. The number of likely N-dealkylation sites (tertiary alicyclic amines) is 1. The number of carboxylic acid groups (broad SMARTS) is 1. The summed E-state index contributed by atoms with van der Waals surface area (Å²) >= 11 is 0. The molecule has 2 rings (SSSR count). The highest BCUT2D eigenvalue weighted by Gasteiger charge is 2.41. The summed E-state index contributed by atoms with van der Waals surface area (Å²) in [7, 11) is 1.52. The van der Waals surface area contributed by atoms with Crippen LogP contribution in [-0.4, -0.2) is 47.7 Å². The van der Waals surface area contributed by atoms with E-state index >= 15 is 0 Å². The molecule has 2 atom stereocenters. The van der Waals surface area contributed by atoms with Crippen LogP contribution in [0.5, 0.6) is 0 Å². The molecule has 0 radical (unpaired) electrons. The van der Waals surface area contributed by atoms with Gasteiger partial charge >= 0.3 is 5.97 Å². The lowest BCUT2D eigenvalue weighted by atomic mass is 10.1. The minimum atomic E-state index is -1.01. The Kier molecular flexibility index (Phi) is 3.85. The molecular weight excluding hydrogens is 262 g/mol. The molecule has 1 saturated heterocycles. The predicted octanol–water partition coefficient (Wildman–Crippen LogP) is 1.52. The van der Waals surface area contributed by atoms with Gasteiger partial charge in [-0.05, 0) is 20.8 Å². The van der Waals surface area contributed by atoms with Crippen molar-refractivity contribution in [1.29, 1.82) is 0 Å². The molecule has 0 saturated carbocycles. The number of carboxylic acids is 1. The molecule has 0 bridgehead atoms. The average Bonchev–Trinajstić information content (AvgIpc) is 2.92. The molecule has 1 aromatic rings. The number of amides is 1. The number of carbonyl (C=O) groups excluding carboxylic acids is 1. The number of rotatable bonds is 3. The summed E-state index contributed by atoms with van der Waals surface area (Å²) in [6.07, 6.45) is 0.0700. The summed E-state index contributed by atoms with van der Waals surface area (Å²) < 4.78 is 10.6. The molecule has 1 amide bonds. The fourth-order valence-corrected chi connectivity index (χ4v) is 2.68. The van der Waals surface area contributed by atoms with E-state index in [0.717, 1.165) is 5.56 Å². The van der Waals surface area contributed by atoms with Crippen molar-refractivity contribution in [2.45, 2.75) is 39.3 Å². The Balaban J connectivity index is 2.34. The van der Waals surface area contributed by atoms with E-state index in [1.165, 1.54) is 12.0 Å². The molecule has 110 valence electrons. The van der Waals surface area contributed by atoms with E-state index in [2.05, 4.69) is 0 Å². The third-order valence-electron chi connectivity index (χ3n) is 3.92. The van der Waals surface area contributed by atoms with Crippen molar-refractivity contribution in [3.05, 3.63) is 22.6 Å². The number of aliphatic carboxylic acids is 1. The number of carbonyl (C=O) groups is 2. The van der Waals surface area contributed by atoms with Crippen LogP contribution in [0.15, 0.2) is 4.42 Å². The van der Waals surface area contributed by atoms with E-state index < -0.39 is 12.0 Å². The van der Waals surface area contributed by atoms with Gasteiger partial charge in [0.05, 0.1) is 11.7 Å². The molecule has 1 aromatic heterocycles. The van der Waals surface area contributed by atoms with Gasteiger partial charge in [0.15, 0.2) is 0 Å². The summed E-state index contributed by atoms with van der Waals surface area (Å²) in [5.41, 5.74) is 1.23. The largest absolute Gasteiger partial charge is 0.480 e. The average molecular weight is 281 g/mol. The number of methoxy groups -OCH3 is 1. The van der Waals surface area contributed by atoms with Gasteiger partial charge in [-0.3, -0.25) is 4.79 Å². The zero-order valence-corrected chi connectivity index (χ0v) is 12.1. The Morgan fingerprint density at radius 2 is 1.95 bits per heavy atom. The van der Waals surface area contributed by atoms with Gasteiger partial charge in [-0.25, -0.2) is 4.79 Å². The molecular formula is C14H19NO5. The second-order valence-corrected chi connectivity index (χ2v) is 5.12. The Morgan fingerprint density at radius 1 is 1.30 bits per heavy atom. The summed E-state index contributed by atoms with van der Waals surface area (Å²) in [6.45, 7) is 5.59. The number of hydrogen-bond acceptors (Lipinski definition) is 4. The lowest BCUT2D eigenvalue weighted by molar-refractivity contribution is -0.141. The van der Waals surface area contributed by atoms with Crippen molar-refractivity contribution in [3.8, 4) is 0 Å². The van der Waals surface area contributed by atoms with Gasteiger partial charge in [0, 0.05) is 25.6 Å². The Labute approximate surface area is 117 Å². The van der Waals surface area contributed by atoms with Gasteiger partial charge in [0.2, 0.25) is 0 Å². The van der Waals surface area contributed by atoms with E-state index in [4.69, 9.17) is 9.15 Å². The van der Waals surface area contributed by atoms with Crippen LogP contribution in [0.1, 0.15) is 33.9 Å². The van der Waals surface area contributed by atoms with Gasteiger partial charge in [-0.1, -0.05) is 0 Å². The monoisotopic (exact) mass is 281 g/mol. The fourth-order valence-electron chi connectivity index (χ4n) is 2.68. The molecule has 2 unspecified atom stereocenters. The normalized spacial score (nSPS) is 22.3. The van der Waals surface area contributed by atoms with Crippen molar-refractivity contribution in [1.82, 2.24) is 4.90 Å². The number of ether oxygens (including phenoxy) is 1. The highest BCUT2D eigenvalue weighted by atomic mass is 16.5. The quantitative estimate of drug-likeness (QED) is 0.908. The maximum atomic E-state index is 12.6. The predicted molar refractivity (Wildman–Crippen MR) is 70.8 cm³/mol. The number of furan rings is 1. The fraction of sp³-hybridized carbons (Fsp3) is 0.571. The minimum absolute atomic E-state index is 0.242. The van der Waals surface area contributed by atoms with Crippen LogP contribution in [-0.2, 0) is 9.53 Å². The van der Waals surface area contributed by atoms with E-state index in [0.29, 0.717) is 23.5 Å². The Hall–Kier alpha value is -1.82. The summed E-state index contributed by atoms with van der Waals surface area (Å²) in [6, 6.07) is -0.846. The molecule has 6 heteroatoms. The molecule has 0 aromatic carbocycles. The smallest absolute Gasteiger partial charge is 0.326 e. The first-order valence-electron chi connectivity index (χ1n) is 6.50. The lowest BCUT2D eigenvalue weighted by Gasteiger charge is -2.21. The second-order valence-electron chi connectivity index (χ2n) is 5.12. The van der Waals surface area contributed by atoms with Crippen molar-refractivity contribution in [2.24, 2.45) is 0 Å². The molecule has 1 N–H and O–H groups in total. The summed E-state index contributed by atoms with van der Waals surface area (Å²) in [4.78, 5) is 25.3. The van der Waals surface area contributed by atoms with Gasteiger partial charge < -0.3 is 19.2 Å². The summed E-state index contributed by atoms with van der Waals surface area (Å²) in [5.74, 6) is -0.104. The highest BCUT2D eigenvalue weighted by molar-refractivity contribution is 5.99. The van der Waals surface area contributed by atoms with E-state index in [1.807, 2.05) is 0 Å². The van der Waals surface area contributed by atoms with E-state index in [9.17, 15) is 14.7 Å². The SMILES string of the molecule is COC1CC(C(=O)O)N(C(=O)c2c(C)oc(C)c2C)C1. The lowest BCUT2D eigenvalue weighted by Crippen LogP contribution is -2.41. The first-order valence-corrected chi connectivity index (χ1v) is 6.50. The standard InChI is InChI=1S/C14H19NO5/c1-7-8(2)20-9(3)12(7)13(16)15-6-10(19-4)5-11(15)14(17)18/h10-11H,5-6H2,1-4H3,(H,17,18). The van der Waals surface area contributed by atoms with Crippen LogP contribution < -0.4 is 0 Å². The van der Waals surface area contributed by atoms with Crippen molar-refractivity contribution < 1.29 is 23.8 Å². The Morgan fingerprint density at radius 3 is 2.40 bits per heavy atom. The van der Waals surface area contributed by atoms with E-state index in [-0.39, 0.29) is 18.6 Å². The second kappa shape index (κ2) is 5.28. The minimum Gasteiger partial charge on any atom is -0.480 e. The van der Waals surface area contributed by atoms with Crippen molar-refractivity contribution >= 4 is 11.9 Å². The van der Waals surface area contributed by atoms with Crippen molar-refractivity contribution in [2.75, 3.05) is 13.7 Å². The maximum Gasteiger partial charge on any atom is 0.326 e. The molecule has 0 spiro atoms. The van der Waals surface area contributed by atoms with E-state index in [1.54, 1.807) is 20.8 Å². The van der Waals surface area contributed by atoms with Crippen LogP contribution in [0.25, 0.3) is 0 Å². The molecule has 20 heavy (non-hydrogen) atoms. The number of aryl methyl sites for hydroxylation is 2. The van der Waals surface area contributed by atoms with Gasteiger partial charge in [0.1, 0.15) is 17.6 Å². The third kappa shape index (κ3) is 2.31. The van der Waals surface area contributed by atoms with Gasteiger partial charge in [-0.2, -0.15) is 0 Å². The number of nitrogens with zero attached hydrogens (tertiary/aromatic N) is 1. The zero-order chi connectivity index (χ0) is 15.0. The van der Waals surface area contributed by atoms with Gasteiger partial charge in [0.25, 0.3) is 5.91 Å². The molecule has 0 aliphatic carbocycles. The van der Waals surface area contributed by atoms with Crippen LogP contribution in [0.4, 0.5) is 0 Å².